The Hall–Kier alpha value is -1.87. The molecule has 1 unspecified atom stereocenters. The van der Waals surface area contributed by atoms with Crippen LogP contribution in [0.25, 0.3) is 11.3 Å². The Kier molecular flexibility index (Phi) is 3.45. The predicted octanol–water partition coefficient (Wildman–Crippen LogP) is 3.91. The Morgan fingerprint density at radius 3 is 2.65 bits per heavy atom. The molecule has 4 heteroatoms. The maximum atomic E-state index is 11.3. The van der Waals surface area contributed by atoms with Gasteiger partial charge in [0.05, 0.1) is 11.6 Å². The first-order valence-electron chi connectivity index (χ1n) is 6.64. The second-order valence-electron chi connectivity index (χ2n) is 5.02. The molecule has 3 nitrogen and oxygen atoms in total. The lowest BCUT2D eigenvalue weighted by Gasteiger charge is -2.22. The van der Waals surface area contributed by atoms with Crippen molar-refractivity contribution in [1.82, 2.24) is 4.98 Å². The third-order valence-corrected chi connectivity index (χ3v) is 3.98. The Balaban J connectivity index is 2.01. The summed E-state index contributed by atoms with van der Waals surface area (Å²) in [6.07, 6.45) is 2.42. The fourth-order valence-electron chi connectivity index (χ4n) is 2.70. The topological polar surface area (TPSA) is 50.2 Å². The predicted molar refractivity (Wildman–Crippen MR) is 78.0 cm³/mol. The number of benzene rings is 1. The van der Waals surface area contributed by atoms with Crippen molar-refractivity contribution in [2.75, 3.05) is 0 Å². The Labute approximate surface area is 122 Å². The van der Waals surface area contributed by atoms with Crippen LogP contribution in [0.5, 0.6) is 0 Å². The lowest BCUT2D eigenvalue weighted by atomic mass is 9.85. The van der Waals surface area contributed by atoms with Gasteiger partial charge in [0.2, 0.25) is 0 Å². The van der Waals surface area contributed by atoms with Crippen molar-refractivity contribution in [3.8, 4) is 11.3 Å². The molecule has 1 aliphatic carbocycles. The second kappa shape index (κ2) is 5.25. The zero-order valence-corrected chi connectivity index (χ0v) is 11.6. The maximum Gasteiger partial charge on any atom is 0.311 e. The van der Waals surface area contributed by atoms with E-state index >= 15 is 0 Å². The Morgan fingerprint density at radius 2 is 1.95 bits per heavy atom. The van der Waals surface area contributed by atoms with Gasteiger partial charge in [0.15, 0.2) is 0 Å². The summed E-state index contributed by atoms with van der Waals surface area (Å²) in [7, 11) is 0. The van der Waals surface area contributed by atoms with E-state index in [0.717, 1.165) is 35.4 Å². The number of aromatic nitrogens is 1. The molecule has 0 bridgehead atoms. The van der Waals surface area contributed by atoms with Gasteiger partial charge in [-0.25, -0.2) is 0 Å². The summed E-state index contributed by atoms with van der Waals surface area (Å²) in [5.41, 5.74) is 3.64. The second-order valence-corrected chi connectivity index (χ2v) is 5.46. The largest absolute Gasteiger partial charge is 0.481 e. The molecule has 3 rings (SSSR count). The number of fused-ring (bicyclic) bond motifs is 1. The number of carboxylic acid groups (broad SMARTS) is 1. The van der Waals surface area contributed by atoms with Crippen LogP contribution in [0.2, 0.25) is 5.02 Å². The molecule has 0 fully saturated rings. The zero-order chi connectivity index (χ0) is 14.1. The molecule has 0 saturated heterocycles. The minimum atomic E-state index is -0.757. The van der Waals surface area contributed by atoms with Crippen molar-refractivity contribution in [1.29, 1.82) is 0 Å². The van der Waals surface area contributed by atoms with Crippen LogP contribution in [-0.4, -0.2) is 16.1 Å². The monoisotopic (exact) mass is 287 g/mol. The number of halogens is 1. The Bertz CT molecular complexity index is 652. The number of nitrogens with zero attached hydrogens (tertiary/aromatic N) is 1. The van der Waals surface area contributed by atoms with E-state index in [4.69, 9.17) is 11.6 Å². The minimum Gasteiger partial charge on any atom is -0.481 e. The SMILES string of the molecule is O=C(O)C1CCCc2nc(-c3ccc(Cl)cc3)ccc21. The number of pyridine rings is 1. The van der Waals surface area contributed by atoms with Gasteiger partial charge in [0, 0.05) is 16.3 Å². The van der Waals surface area contributed by atoms with Gasteiger partial charge in [0.1, 0.15) is 0 Å². The first-order valence-corrected chi connectivity index (χ1v) is 7.01. The highest BCUT2D eigenvalue weighted by molar-refractivity contribution is 6.30. The van der Waals surface area contributed by atoms with Crippen LogP contribution in [-0.2, 0) is 11.2 Å². The zero-order valence-electron chi connectivity index (χ0n) is 10.8. The molecule has 1 aliphatic rings. The van der Waals surface area contributed by atoms with Crippen molar-refractivity contribution in [3.05, 3.63) is 52.7 Å². The van der Waals surface area contributed by atoms with E-state index in [9.17, 15) is 9.90 Å². The molecule has 2 aromatic rings. The summed E-state index contributed by atoms with van der Waals surface area (Å²) in [5.74, 6) is -1.17. The van der Waals surface area contributed by atoms with Gasteiger partial charge in [-0.2, -0.15) is 0 Å². The van der Waals surface area contributed by atoms with E-state index in [2.05, 4.69) is 4.98 Å². The Morgan fingerprint density at radius 1 is 1.20 bits per heavy atom. The number of aliphatic carboxylic acids is 1. The average molecular weight is 288 g/mol. The normalized spacial score (nSPS) is 17.6. The standard InChI is InChI=1S/C16H14ClNO2/c17-11-6-4-10(5-7-11)14-9-8-12-13(16(19)20)2-1-3-15(12)18-14/h4-9,13H,1-3H2,(H,19,20). The van der Waals surface area contributed by atoms with Gasteiger partial charge in [-0.3, -0.25) is 9.78 Å². The van der Waals surface area contributed by atoms with Gasteiger partial charge in [-0.15, -0.1) is 0 Å². The lowest BCUT2D eigenvalue weighted by Crippen LogP contribution is -2.19. The molecule has 0 saturated carbocycles. The molecule has 102 valence electrons. The van der Waals surface area contributed by atoms with Crippen LogP contribution in [0.3, 0.4) is 0 Å². The summed E-state index contributed by atoms with van der Waals surface area (Å²) in [5, 5.41) is 9.95. The molecule has 0 radical (unpaired) electrons. The molecular formula is C16H14ClNO2. The molecule has 1 N–H and O–H groups in total. The average Bonchev–Trinajstić information content (AvgIpc) is 2.46. The number of aryl methyl sites for hydroxylation is 1. The molecule has 1 heterocycles. The van der Waals surface area contributed by atoms with Crippen molar-refractivity contribution in [2.45, 2.75) is 25.2 Å². The molecule has 1 atom stereocenters. The van der Waals surface area contributed by atoms with E-state index in [1.54, 1.807) is 0 Å². The molecular weight excluding hydrogens is 274 g/mol. The molecule has 0 amide bonds. The molecule has 0 spiro atoms. The van der Waals surface area contributed by atoms with Crippen molar-refractivity contribution >= 4 is 17.6 Å². The quantitative estimate of drug-likeness (QED) is 0.911. The van der Waals surface area contributed by atoms with E-state index < -0.39 is 11.9 Å². The van der Waals surface area contributed by atoms with Crippen molar-refractivity contribution in [3.63, 3.8) is 0 Å². The summed E-state index contributed by atoms with van der Waals surface area (Å²) >= 11 is 5.88. The fraction of sp³-hybridized carbons (Fsp3) is 0.250. The first-order chi connectivity index (χ1) is 9.65. The number of rotatable bonds is 2. The lowest BCUT2D eigenvalue weighted by molar-refractivity contribution is -0.139. The molecule has 1 aromatic carbocycles. The highest BCUT2D eigenvalue weighted by atomic mass is 35.5. The van der Waals surface area contributed by atoms with Gasteiger partial charge in [0.25, 0.3) is 0 Å². The summed E-state index contributed by atoms with van der Waals surface area (Å²) < 4.78 is 0. The van der Waals surface area contributed by atoms with Crippen LogP contribution in [0.15, 0.2) is 36.4 Å². The highest BCUT2D eigenvalue weighted by Gasteiger charge is 2.27. The number of carbonyl (C=O) groups is 1. The smallest absolute Gasteiger partial charge is 0.311 e. The van der Waals surface area contributed by atoms with Gasteiger partial charge >= 0.3 is 5.97 Å². The van der Waals surface area contributed by atoms with Gasteiger partial charge in [-0.05, 0) is 43.0 Å². The summed E-state index contributed by atoms with van der Waals surface area (Å²) in [6, 6.07) is 11.3. The number of hydrogen-bond donors (Lipinski definition) is 1. The first kappa shape index (κ1) is 13.1. The van der Waals surface area contributed by atoms with E-state index in [0.29, 0.717) is 11.4 Å². The summed E-state index contributed by atoms with van der Waals surface area (Å²) in [4.78, 5) is 15.9. The van der Waals surface area contributed by atoms with E-state index in [1.165, 1.54) is 0 Å². The van der Waals surface area contributed by atoms with Crippen LogP contribution >= 0.6 is 11.6 Å². The summed E-state index contributed by atoms with van der Waals surface area (Å²) in [6.45, 7) is 0. The van der Waals surface area contributed by atoms with Crippen molar-refractivity contribution < 1.29 is 9.90 Å². The van der Waals surface area contributed by atoms with Gasteiger partial charge < -0.3 is 5.11 Å². The van der Waals surface area contributed by atoms with E-state index in [1.807, 2.05) is 36.4 Å². The third-order valence-electron chi connectivity index (χ3n) is 3.73. The van der Waals surface area contributed by atoms with Crippen LogP contribution in [0.1, 0.15) is 30.0 Å². The minimum absolute atomic E-state index is 0.412. The van der Waals surface area contributed by atoms with Crippen LogP contribution in [0.4, 0.5) is 0 Å². The van der Waals surface area contributed by atoms with Crippen LogP contribution in [0, 0.1) is 0 Å². The van der Waals surface area contributed by atoms with Crippen LogP contribution < -0.4 is 0 Å². The molecule has 1 aromatic heterocycles. The van der Waals surface area contributed by atoms with E-state index in [-0.39, 0.29) is 0 Å². The third kappa shape index (κ3) is 2.41. The number of hydrogen-bond acceptors (Lipinski definition) is 2. The van der Waals surface area contributed by atoms with Gasteiger partial charge in [-0.1, -0.05) is 29.8 Å². The van der Waals surface area contributed by atoms with Crippen molar-refractivity contribution in [2.24, 2.45) is 0 Å². The maximum absolute atomic E-state index is 11.3. The highest BCUT2D eigenvalue weighted by Crippen LogP contribution is 2.32. The fourth-order valence-corrected chi connectivity index (χ4v) is 2.82. The molecule has 0 aliphatic heterocycles. The molecule has 20 heavy (non-hydrogen) atoms. The number of carboxylic acids is 1.